The van der Waals surface area contributed by atoms with Gasteiger partial charge in [-0.3, -0.25) is 4.79 Å². The maximum Gasteiger partial charge on any atom is 0.248 e. The lowest BCUT2D eigenvalue weighted by Gasteiger charge is -2.30. The molecule has 1 aliphatic heterocycles. The number of carbonyl (C=O) groups is 1. The van der Waals surface area contributed by atoms with Gasteiger partial charge in [-0.1, -0.05) is 48.5 Å². The van der Waals surface area contributed by atoms with Crippen molar-refractivity contribution in [2.45, 2.75) is 26.4 Å². The molecule has 0 N–H and O–H groups in total. The van der Waals surface area contributed by atoms with Gasteiger partial charge < -0.3 is 14.4 Å². The number of methoxy groups -OCH3 is 1. The van der Waals surface area contributed by atoms with Gasteiger partial charge in [0, 0.05) is 31.1 Å². The Morgan fingerprint density at radius 1 is 1.09 bits per heavy atom. The van der Waals surface area contributed by atoms with Crippen LogP contribution in [0.25, 0.3) is 17.0 Å². The highest BCUT2D eigenvalue weighted by atomic mass is 16.5. The summed E-state index contributed by atoms with van der Waals surface area (Å²) in [5.74, 6) is 1.39. The molecule has 0 aliphatic carbocycles. The number of carbonyl (C=O) groups excluding carboxylic acids is 1. The van der Waals surface area contributed by atoms with Gasteiger partial charge in [-0.15, -0.1) is 0 Å². The molecule has 1 aromatic heterocycles. The normalized spacial score (nSPS) is 14.9. The van der Waals surface area contributed by atoms with Crippen LogP contribution in [0.2, 0.25) is 0 Å². The fourth-order valence-electron chi connectivity index (χ4n) is 4.16. The molecule has 1 aliphatic rings. The third kappa shape index (κ3) is 5.17. The lowest BCUT2D eigenvalue weighted by Crippen LogP contribution is -2.39. The second kappa shape index (κ2) is 10.4. The summed E-state index contributed by atoms with van der Waals surface area (Å²) in [6.07, 6.45) is 6.27. The Morgan fingerprint density at radius 3 is 2.56 bits per heavy atom. The van der Waals surface area contributed by atoms with Gasteiger partial charge in [-0.25, -0.2) is 4.98 Å². The minimum atomic E-state index is 0.0715. The number of piperidine rings is 1. The molecule has 32 heavy (non-hydrogen) atoms. The molecule has 1 saturated heterocycles. The minimum absolute atomic E-state index is 0.0715. The van der Waals surface area contributed by atoms with Gasteiger partial charge in [0.05, 0.1) is 11.2 Å². The molecular weight excluding hydrogens is 400 g/mol. The van der Waals surface area contributed by atoms with Crippen molar-refractivity contribution in [3.05, 3.63) is 77.5 Å². The van der Waals surface area contributed by atoms with Gasteiger partial charge in [-0.05, 0) is 49.5 Å². The summed E-state index contributed by atoms with van der Waals surface area (Å²) in [4.78, 5) is 18.8. The number of hydrogen-bond donors (Lipinski definition) is 0. The third-order valence-electron chi connectivity index (χ3n) is 6.03. The molecule has 0 saturated carbocycles. The quantitative estimate of drug-likeness (QED) is 0.528. The Kier molecular flexibility index (Phi) is 7.17. The molecule has 3 aromatic rings. The molecule has 166 valence electrons. The van der Waals surface area contributed by atoms with Crippen LogP contribution in [0.3, 0.4) is 0 Å². The van der Waals surface area contributed by atoms with E-state index in [0.29, 0.717) is 12.5 Å². The number of aromatic nitrogens is 1. The summed E-state index contributed by atoms with van der Waals surface area (Å²) in [5.41, 5.74) is 4.05. The van der Waals surface area contributed by atoms with Crippen LogP contribution in [0.15, 0.2) is 60.7 Å². The van der Waals surface area contributed by atoms with E-state index in [1.54, 1.807) is 7.11 Å². The van der Waals surface area contributed by atoms with E-state index < -0.39 is 0 Å². The van der Waals surface area contributed by atoms with Crippen molar-refractivity contribution in [1.82, 2.24) is 9.88 Å². The van der Waals surface area contributed by atoms with E-state index in [0.717, 1.165) is 59.4 Å². The summed E-state index contributed by atoms with van der Waals surface area (Å²) < 4.78 is 11.3. The van der Waals surface area contributed by atoms with Crippen LogP contribution in [0.1, 0.15) is 29.7 Å². The van der Waals surface area contributed by atoms with Gasteiger partial charge in [0.25, 0.3) is 0 Å². The molecule has 0 unspecified atom stereocenters. The predicted molar refractivity (Wildman–Crippen MR) is 127 cm³/mol. The second-order valence-electron chi connectivity index (χ2n) is 8.25. The zero-order chi connectivity index (χ0) is 22.3. The molecule has 0 bridgehead atoms. The van der Waals surface area contributed by atoms with Gasteiger partial charge in [0.1, 0.15) is 19.0 Å². The summed E-state index contributed by atoms with van der Waals surface area (Å²) >= 11 is 0. The smallest absolute Gasteiger partial charge is 0.248 e. The maximum absolute atomic E-state index is 12.0. The summed E-state index contributed by atoms with van der Waals surface area (Å²) in [6.45, 7) is 4.30. The Morgan fingerprint density at radius 2 is 1.81 bits per heavy atom. The van der Waals surface area contributed by atoms with Crippen molar-refractivity contribution in [2.24, 2.45) is 5.92 Å². The lowest BCUT2D eigenvalue weighted by molar-refractivity contribution is -0.136. The lowest BCUT2D eigenvalue weighted by atomic mass is 9.95. The molecule has 4 rings (SSSR count). The standard InChI is InChI=1S/C27H30N2O3/c1-20-24(13-12-21-14-16-29(17-15-21)26(30)19-31-2)28-25-11-7-6-10-23(25)27(20)32-18-22-8-4-3-5-9-22/h3-13,21H,14-19H2,1-2H3/b13-12+. The van der Waals surface area contributed by atoms with Crippen LogP contribution >= 0.6 is 0 Å². The van der Waals surface area contributed by atoms with E-state index in [9.17, 15) is 4.79 Å². The maximum atomic E-state index is 12.0. The van der Waals surface area contributed by atoms with Crippen molar-refractivity contribution in [2.75, 3.05) is 26.8 Å². The van der Waals surface area contributed by atoms with Crippen molar-refractivity contribution in [3.63, 3.8) is 0 Å². The first-order chi connectivity index (χ1) is 15.7. The van der Waals surface area contributed by atoms with Gasteiger partial charge in [-0.2, -0.15) is 0 Å². The number of nitrogens with zero attached hydrogens (tertiary/aromatic N) is 2. The highest BCUT2D eigenvalue weighted by Gasteiger charge is 2.21. The number of hydrogen-bond acceptors (Lipinski definition) is 4. The monoisotopic (exact) mass is 430 g/mol. The molecule has 2 heterocycles. The summed E-state index contributed by atoms with van der Waals surface area (Å²) in [6, 6.07) is 18.3. The molecule has 2 aromatic carbocycles. The van der Waals surface area contributed by atoms with E-state index in [-0.39, 0.29) is 12.5 Å². The zero-order valence-corrected chi connectivity index (χ0v) is 18.8. The number of allylic oxidation sites excluding steroid dienone is 1. The molecule has 0 spiro atoms. The fraction of sp³-hybridized carbons (Fsp3) is 0.333. The Bertz CT molecular complexity index is 1090. The SMILES string of the molecule is COCC(=O)N1CCC(/C=C/c2nc3ccccc3c(OCc3ccccc3)c2C)CC1. The average molecular weight is 431 g/mol. The number of rotatable bonds is 7. The van der Waals surface area contributed by atoms with Crippen molar-refractivity contribution >= 4 is 22.9 Å². The highest BCUT2D eigenvalue weighted by Crippen LogP contribution is 2.32. The topological polar surface area (TPSA) is 51.7 Å². The molecule has 1 fully saturated rings. The van der Waals surface area contributed by atoms with Gasteiger partial charge in [0.15, 0.2) is 0 Å². The van der Waals surface area contributed by atoms with Crippen molar-refractivity contribution in [3.8, 4) is 5.75 Å². The van der Waals surface area contributed by atoms with Crippen LogP contribution in [-0.4, -0.2) is 42.6 Å². The molecule has 5 heteroatoms. The fourth-order valence-corrected chi connectivity index (χ4v) is 4.16. The van der Waals surface area contributed by atoms with E-state index in [1.807, 2.05) is 41.3 Å². The number of likely N-dealkylation sites (tertiary alicyclic amines) is 1. The van der Waals surface area contributed by atoms with E-state index in [1.165, 1.54) is 0 Å². The molecule has 0 atom stereocenters. The molecule has 0 radical (unpaired) electrons. The Hall–Kier alpha value is -3.18. The van der Waals surface area contributed by atoms with Crippen molar-refractivity contribution in [1.29, 1.82) is 0 Å². The van der Waals surface area contributed by atoms with E-state index in [4.69, 9.17) is 14.5 Å². The number of pyridine rings is 1. The largest absolute Gasteiger partial charge is 0.488 e. The van der Waals surface area contributed by atoms with Crippen molar-refractivity contribution < 1.29 is 14.3 Å². The molecule has 1 amide bonds. The van der Waals surface area contributed by atoms with Gasteiger partial charge >= 0.3 is 0 Å². The Labute approximate surface area is 189 Å². The van der Waals surface area contributed by atoms with Crippen LogP contribution < -0.4 is 4.74 Å². The minimum Gasteiger partial charge on any atom is -0.488 e. The number of amides is 1. The first kappa shape index (κ1) is 22.0. The number of ether oxygens (including phenoxy) is 2. The molecule has 5 nitrogen and oxygen atoms in total. The first-order valence-electron chi connectivity index (χ1n) is 11.2. The van der Waals surface area contributed by atoms with Crippen LogP contribution in [-0.2, 0) is 16.1 Å². The van der Waals surface area contributed by atoms with E-state index in [2.05, 4.69) is 37.3 Å². The predicted octanol–water partition coefficient (Wildman–Crippen LogP) is 5.02. The average Bonchev–Trinajstić information content (AvgIpc) is 2.83. The van der Waals surface area contributed by atoms with E-state index >= 15 is 0 Å². The molecular formula is C27H30N2O3. The number of fused-ring (bicyclic) bond motifs is 1. The van der Waals surface area contributed by atoms with Crippen LogP contribution in [0, 0.1) is 12.8 Å². The Balaban J connectivity index is 1.51. The zero-order valence-electron chi connectivity index (χ0n) is 18.8. The van der Waals surface area contributed by atoms with Gasteiger partial charge in [0.2, 0.25) is 5.91 Å². The highest BCUT2D eigenvalue weighted by molar-refractivity contribution is 5.88. The third-order valence-corrected chi connectivity index (χ3v) is 6.03. The summed E-state index contributed by atoms with van der Waals surface area (Å²) in [5, 5.41) is 1.03. The first-order valence-corrected chi connectivity index (χ1v) is 11.2. The number of para-hydroxylation sites is 1. The second-order valence-corrected chi connectivity index (χ2v) is 8.25. The van der Waals surface area contributed by atoms with Crippen LogP contribution in [0.4, 0.5) is 0 Å². The summed E-state index contributed by atoms with van der Waals surface area (Å²) in [7, 11) is 1.56. The number of benzene rings is 2. The van der Waals surface area contributed by atoms with Crippen LogP contribution in [0.5, 0.6) is 5.75 Å².